The van der Waals surface area contributed by atoms with Crippen LogP contribution >= 0.6 is 11.8 Å². The van der Waals surface area contributed by atoms with Gasteiger partial charge in [0.2, 0.25) is 0 Å². The number of halogens is 3. The maximum atomic E-state index is 11.8. The molecule has 6 heteroatoms. The molecular weight excluding hydrogens is 253 g/mol. The van der Waals surface area contributed by atoms with Gasteiger partial charge in [-0.3, -0.25) is 4.79 Å². The highest BCUT2D eigenvalue weighted by Gasteiger charge is 2.29. The van der Waals surface area contributed by atoms with E-state index < -0.39 is 29.0 Å². The second-order valence-corrected chi connectivity index (χ2v) is 4.42. The summed E-state index contributed by atoms with van der Waals surface area (Å²) < 4.78 is 40.0. The number of ether oxygens (including phenoxy) is 1. The van der Waals surface area contributed by atoms with Crippen molar-refractivity contribution < 1.29 is 22.7 Å². The lowest BCUT2D eigenvalue weighted by atomic mass is 10.2. The van der Waals surface area contributed by atoms with E-state index in [2.05, 4.69) is 0 Å². The highest BCUT2D eigenvalue weighted by Crippen LogP contribution is 2.29. The highest BCUT2D eigenvalue weighted by atomic mass is 32.2. The number of hydrogen-bond acceptors (Lipinski definition) is 3. The van der Waals surface area contributed by atoms with E-state index in [-0.39, 0.29) is 6.61 Å². The molecule has 0 saturated heterocycles. The Hall–Kier alpha value is -1.17. The van der Waals surface area contributed by atoms with Crippen molar-refractivity contribution in [3.05, 3.63) is 35.4 Å². The molecule has 0 aliphatic heterocycles. The first-order valence-corrected chi connectivity index (χ1v) is 5.77. The number of hydrogen-bond donors (Lipinski definition) is 0. The van der Waals surface area contributed by atoms with Crippen molar-refractivity contribution in [3.8, 4) is 0 Å². The normalized spacial score (nSPS) is 11.3. The summed E-state index contributed by atoms with van der Waals surface area (Å²) in [6.07, 6.45) is 0. The molecule has 0 saturated carbocycles. The predicted octanol–water partition coefficient (Wildman–Crippen LogP) is 3.29. The zero-order valence-electron chi connectivity index (χ0n) is 9.08. The van der Waals surface area contributed by atoms with E-state index in [9.17, 15) is 18.0 Å². The van der Waals surface area contributed by atoms with Crippen molar-refractivity contribution in [2.24, 2.45) is 0 Å². The van der Waals surface area contributed by atoms with E-state index >= 15 is 0 Å². The second kappa shape index (κ2) is 5.95. The van der Waals surface area contributed by atoms with Gasteiger partial charge in [-0.05, 0) is 24.2 Å². The van der Waals surface area contributed by atoms with Gasteiger partial charge in [-0.15, -0.1) is 0 Å². The van der Waals surface area contributed by atoms with E-state index in [1.54, 1.807) is 12.1 Å². The van der Waals surface area contributed by atoms with Crippen molar-refractivity contribution in [1.82, 2.24) is 0 Å². The summed E-state index contributed by atoms with van der Waals surface area (Å²) >= 11 is -0.395. The molecule has 0 amide bonds. The average molecular weight is 264 g/mol. The van der Waals surface area contributed by atoms with Gasteiger partial charge in [-0.2, -0.15) is 13.2 Å². The van der Waals surface area contributed by atoms with Crippen LogP contribution in [0.1, 0.15) is 11.1 Å². The van der Waals surface area contributed by atoms with E-state index in [4.69, 9.17) is 4.74 Å². The summed E-state index contributed by atoms with van der Waals surface area (Å²) in [5.74, 6) is -1.58. The number of alkyl halides is 3. The molecule has 0 aliphatic rings. The van der Waals surface area contributed by atoms with Crippen LogP contribution in [0, 0.1) is 6.92 Å². The van der Waals surface area contributed by atoms with Crippen LogP contribution < -0.4 is 0 Å². The fraction of sp³-hybridized carbons (Fsp3) is 0.364. The molecule has 0 atom stereocenters. The minimum Gasteiger partial charge on any atom is -0.460 e. The Morgan fingerprint density at radius 2 is 1.88 bits per heavy atom. The van der Waals surface area contributed by atoms with Crippen LogP contribution in [0.25, 0.3) is 0 Å². The Bertz CT molecular complexity index is 373. The first kappa shape index (κ1) is 13.9. The van der Waals surface area contributed by atoms with Crippen LogP contribution in [-0.2, 0) is 16.1 Å². The summed E-state index contributed by atoms with van der Waals surface area (Å²) in [5.41, 5.74) is -2.59. The Morgan fingerprint density at radius 3 is 2.41 bits per heavy atom. The van der Waals surface area contributed by atoms with Crippen LogP contribution in [-0.4, -0.2) is 17.2 Å². The Labute approximate surface area is 101 Å². The molecule has 94 valence electrons. The molecular formula is C11H11F3O2S. The Balaban J connectivity index is 2.31. The van der Waals surface area contributed by atoms with Crippen LogP contribution in [0.3, 0.4) is 0 Å². The zero-order valence-corrected chi connectivity index (χ0v) is 9.90. The van der Waals surface area contributed by atoms with Gasteiger partial charge in [-0.1, -0.05) is 29.8 Å². The molecule has 17 heavy (non-hydrogen) atoms. The summed E-state index contributed by atoms with van der Waals surface area (Å²) in [6, 6.07) is 7.21. The first-order chi connectivity index (χ1) is 7.87. The lowest BCUT2D eigenvalue weighted by Crippen LogP contribution is -2.12. The minimum absolute atomic E-state index is 0.00245. The molecule has 1 aromatic rings. The van der Waals surface area contributed by atoms with Crippen LogP contribution in [0.5, 0.6) is 0 Å². The van der Waals surface area contributed by atoms with Gasteiger partial charge in [0, 0.05) is 0 Å². The molecule has 0 aliphatic carbocycles. The summed E-state index contributed by atoms with van der Waals surface area (Å²) in [6.45, 7) is 1.91. The largest absolute Gasteiger partial charge is 0.460 e. The molecule has 0 fully saturated rings. The Kier molecular flexibility index (Phi) is 4.86. The standard InChI is InChI=1S/C11H11F3O2S/c1-8-2-4-9(5-3-8)6-16-10(15)7-17-11(12,13)14/h2-5H,6-7H2,1H3. The maximum Gasteiger partial charge on any atom is 0.442 e. The van der Waals surface area contributed by atoms with Crippen molar-refractivity contribution >= 4 is 17.7 Å². The number of esters is 1. The number of thioether (sulfide) groups is 1. The SMILES string of the molecule is Cc1ccc(COC(=O)CSC(F)(F)F)cc1. The quantitative estimate of drug-likeness (QED) is 0.780. The van der Waals surface area contributed by atoms with Crippen LogP contribution in [0.4, 0.5) is 13.2 Å². The predicted molar refractivity (Wildman–Crippen MR) is 59.5 cm³/mol. The number of rotatable bonds is 4. The third kappa shape index (κ3) is 6.21. The average Bonchev–Trinajstić information content (AvgIpc) is 2.25. The van der Waals surface area contributed by atoms with Gasteiger partial charge in [0.25, 0.3) is 0 Å². The summed E-state index contributed by atoms with van der Waals surface area (Å²) in [5, 5.41) is 0. The van der Waals surface area contributed by atoms with E-state index in [0.717, 1.165) is 11.1 Å². The molecule has 0 aromatic heterocycles. The van der Waals surface area contributed by atoms with Gasteiger partial charge < -0.3 is 4.74 Å². The van der Waals surface area contributed by atoms with Crippen molar-refractivity contribution in [3.63, 3.8) is 0 Å². The monoisotopic (exact) mass is 264 g/mol. The van der Waals surface area contributed by atoms with Gasteiger partial charge in [0.05, 0.1) is 0 Å². The lowest BCUT2D eigenvalue weighted by Gasteiger charge is -2.06. The van der Waals surface area contributed by atoms with Crippen molar-refractivity contribution in [2.75, 3.05) is 5.75 Å². The van der Waals surface area contributed by atoms with E-state index in [1.807, 2.05) is 19.1 Å². The zero-order chi connectivity index (χ0) is 12.9. The van der Waals surface area contributed by atoms with E-state index in [0.29, 0.717) is 0 Å². The fourth-order valence-corrected chi connectivity index (χ4v) is 1.40. The number of aryl methyl sites for hydroxylation is 1. The number of benzene rings is 1. The van der Waals surface area contributed by atoms with Gasteiger partial charge >= 0.3 is 11.5 Å². The maximum absolute atomic E-state index is 11.8. The van der Waals surface area contributed by atoms with E-state index in [1.165, 1.54) is 0 Å². The number of carbonyl (C=O) groups excluding carboxylic acids is 1. The molecule has 0 unspecified atom stereocenters. The van der Waals surface area contributed by atoms with Crippen molar-refractivity contribution in [2.45, 2.75) is 19.0 Å². The summed E-state index contributed by atoms with van der Waals surface area (Å²) in [4.78, 5) is 11.0. The fourth-order valence-electron chi connectivity index (χ4n) is 1.03. The topological polar surface area (TPSA) is 26.3 Å². The molecule has 0 heterocycles. The van der Waals surface area contributed by atoms with Gasteiger partial charge in [0.1, 0.15) is 12.4 Å². The van der Waals surface area contributed by atoms with Crippen molar-refractivity contribution in [1.29, 1.82) is 0 Å². The highest BCUT2D eigenvalue weighted by molar-refractivity contribution is 8.00. The number of carbonyl (C=O) groups is 1. The van der Waals surface area contributed by atoms with Crippen LogP contribution in [0.15, 0.2) is 24.3 Å². The molecule has 1 aromatic carbocycles. The van der Waals surface area contributed by atoms with Gasteiger partial charge in [-0.25, -0.2) is 0 Å². The first-order valence-electron chi connectivity index (χ1n) is 4.79. The van der Waals surface area contributed by atoms with Crippen LogP contribution in [0.2, 0.25) is 0 Å². The molecule has 0 spiro atoms. The molecule has 0 radical (unpaired) electrons. The lowest BCUT2D eigenvalue weighted by molar-refractivity contribution is -0.141. The molecule has 1 rings (SSSR count). The Morgan fingerprint density at radius 1 is 1.29 bits per heavy atom. The minimum atomic E-state index is -4.40. The molecule has 0 N–H and O–H groups in total. The second-order valence-electron chi connectivity index (χ2n) is 3.38. The third-order valence-corrected chi connectivity index (χ3v) is 2.58. The summed E-state index contributed by atoms with van der Waals surface area (Å²) in [7, 11) is 0. The third-order valence-electron chi connectivity index (χ3n) is 1.87. The molecule has 2 nitrogen and oxygen atoms in total. The smallest absolute Gasteiger partial charge is 0.442 e. The molecule has 0 bridgehead atoms. The van der Waals surface area contributed by atoms with Gasteiger partial charge in [0.15, 0.2) is 0 Å².